The number of nitrogens with zero attached hydrogens (tertiary/aromatic N) is 3. The van der Waals surface area contributed by atoms with E-state index in [1.165, 1.54) is 5.56 Å². The maximum absolute atomic E-state index is 13.2. The number of amides is 1. The van der Waals surface area contributed by atoms with Crippen LogP contribution in [-0.4, -0.2) is 71.6 Å². The molecule has 1 amide bonds. The van der Waals surface area contributed by atoms with Gasteiger partial charge in [0.25, 0.3) is 0 Å². The average Bonchev–Trinajstić information content (AvgIpc) is 3.00. The molecule has 2 heterocycles. The van der Waals surface area contributed by atoms with Crippen molar-refractivity contribution in [2.75, 3.05) is 37.6 Å². The van der Waals surface area contributed by atoms with Gasteiger partial charge in [-0.25, -0.2) is 0 Å². The molecule has 0 aliphatic carbocycles. The number of carboxylic acid groups (broad SMARTS) is 1. The highest BCUT2D eigenvalue weighted by Gasteiger charge is 2.39. The summed E-state index contributed by atoms with van der Waals surface area (Å²) in [5.41, 5.74) is 4.63. The SMILES string of the molecule is CCN(CC(=O)O)C1CCN(C2CCN(c3c(C)cc(C)cc3C)C2=O)CC1. The Morgan fingerprint density at radius 1 is 1.11 bits per heavy atom. The Hall–Kier alpha value is -1.92. The Morgan fingerprint density at radius 3 is 2.25 bits per heavy atom. The van der Waals surface area contributed by atoms with Gasteiger partial charge < -0.3 is 10.0 Å². The number of carbonyl (C=O) groups is 2. The molecule has 154 valence electrons. The number of aliphatic carboxylic acids is 1. The molecule has 1 unspecified atom stereocenters. The Balaban J connectivity index is 1.64. The molecular formula is C22H33N3O3. The van der Waals surface area contributed by atoms with Crippen LogP contribution >= 0.6 is 0 Å². The molecule has 0 aromatic heterocycles. The lowest BCUT2D eigenvalue weighted by atomic mass is 10.0. The number of rotatable bonds is 6. The van der Waals surface area contributed by atoms with Crippen molar-refractivity contribution in [3.05, 3.63) is 28.8 Å². The standard InChI is InChI=1S/C22H33N3O3/c1-5-23(14-20(26)27)18-6-9-24(10-7-18)19-8-11-25(22(19)28)21-16(3)12-15(2)13-17(21)4/h12-13,18-19H,5-11,14H2,1-4H3,(H,26,27). The van der Waals surface area contributed by atoms with Gasteiger partial charge in [0.1, 0.15) is 0 Å². The smallest absolute Gasteiger partial charge is 0.317 e. The molecule has 0 radical (unpaired) electrons. The first-order valence-corrected chi connectivity index (χ1v) is 10.4. The van der Waals surface area contributed by atoms with Crippen LogP contribution in [0.3, 0.4) is 0 Å². The third-order valence-corrected chi connectivity index (χ3v) is 6.28. The average molecular weight is 388 g/mol. The normalized spacial score (nSPS) is 21.7. The van der Waals surface area contributed by atoms with Crippen molar-refractivity contribution in [3.8, 4) is 0 Å². The van der Waals surface area contributed by atoms with Crippen molar-refractivity contribution in [1.82, 2.24) is 9.80 Å². The van der Waals surface area contributed by atoms with Crippen LogP contribution in [0.25, 0.3) is 0 Å². The molecule has 6 nitrogen and oxygen atoms in total. The maximum Gasteiger partial charge on any atom is 0.317 e. The van der Waals surface area contributed by atoms with E-state index in [0.29, 0.717) is 6.04 Å². The quantitative estimate of drug-likeness (QED) is 0.813. The number of carboxylic acids is 1. The maximum atomic E-state index is 13.2. The second-order valence-corrected chi connectivity index (χ2v) is 8.27. The predicted molar refractivity (Wildman–Crippen MR) is 111 cm³/mol. The third kappa shape index (κ3) is 4.23. The Bertz CT molecular complexity index is 718. The minimum atomic E-state index is -0.769. The van der Waals surface area contributed by atoms with Crippen LogP contribution in [0.15, 0.2) is 12.1 Å². The lowest BCUT2D eigenvalue weighted by Gasteiger charge is -2.39. The van der Waals surface area contributed by atoms with E-state index in [9.17, 15) is 9.59 Å². The molecule has 0 bridgehead atoms. The highest BCUT2D eigenvalue weighted by molar-refractivity contribution is 6.00. The second kappa shape index (κ2) is 8.62. The predicted octanol–water partition coefficient (Wildman–Crippen LogP) is 2.59. The van der Waals surface area contributed by atoms with E-state index in [0.717, 1.165) is 62.3 Å². The summed E-state index contributed by atoms with van der Waals surface area (Å²) < 4.78 is 0. The van der Waals surface area contributed by atoms with E-state index < -0.39 is 5.97 Å². The van der Waals surface area contributed by atoms with E-state index in [-0.39, 0.29) is 18.5 Å². The van der Waals surface area contributed by atoms with Gasteiger partial charge in [-0.3, -0.25) is 19.4 Å². The van der Waals surface area contributed by atoms with Crippen molar-refractivity contribution in [3.63, 3.8) is 0 Å². The molecule has 2 aliphatic heterocycles. The van der Waals surface area contributed by atoms with Gasteiger partial charge in [-0.15, -0.1) is 0 Å². The Morgan fingerprint density at radius 2 is 1.71 bits per heavy atom. The second-order valence-electron chi connectivity index (χ2n) is 8.27. The summed E-state index contributed by atoms with van der Waals surface area (Å²) in [5, 5.41) is 9.10. The molecule has 0 saturated carbocycles. The van der Waals surface area contributed by atoms with Gasteiger partial charge in [0.2, 0.25) is 5.91 Å². The van der Waals surface area contributed by atoms with Crippen molar-refractivity contribution in [2.45, 2.75) is 59.0 Å². The van der Waals surface area contributed by atoms with Crippen LogP contribution in [-0.2, 0) is 9.59 Å². The van der Waals surface area contributed by atoms with Gasteiger partial charge in [-0.2, -0.15) is 0 Å². The van der Waals surface area contributed by atoms with Crippen LogP contribution in [0.2, 0.25) is 0 Å². The fraction of sp³-hybridized carbons (Fsp3) is 0.636. The van der Waals surface area contributed by atoms with Gasteiger partial charge in [0, 0.05) is 31.4 Å². The van der Waals surface area contributed by atoms with Gasteiger partial charge in [-0.05, 0) is 57.7 Å². The monoisotopic (exact) mass is 387 g/mol. The van der Waals surface area contributed by atoms with Crippen LogP contribution in [0.5, 0.6) is 0 Å². The first kappa shape index (κ1) is 20.8. The molecule has 28 heavy (non-hydrogen) atoms. The zero-order valence-electron chi connectivity index (χ0n) is 17.6. The number of likely N-dealkylation sites (N-methyl/N-ethyl adjacent to an activating group) is 1. The van der Waals surface area contributed by atoms with Crippen LogP contribution in [0, 0.1) is 20.8 Å². The van der Waals surface area contributed by atoms with Crippen LogP contribution < -0.4 is 4.90 Å². The molecule has 2 saturated heterocycles. The molecule has 3 rings (SSSR count). The number of piperidine rings is 1. The van der Waals surface area contributed by atoms with Gasteiger partial charge in [0.05, 0.1) is 12.6 Å². The van der Waals surface area contributed by atoms with E-state index in [2.05, 4.69) is 37.8 Å². The molecule has 2 aliphatic rings. The summed E-state index contributed by atoms with van der Waals surface area (Å²) in [7, 11) is 0. The minimum Gasteiger partial charge on any atom is -0.480 e. The lowest BCUT2D eigenvalue weighted by molar-refractivity contribution is -0.139. The van der Waals surface area contributed by atoms with Crippen molar-refractivity contribution in [1.29, 1.82) is 0 Å². The van der Waals surface area contributed by atoms with E-state index in [1.807, 2.05) is 16.7 Å². The number of likely N-dealkylation sites (tertiary alicyclic amines) is 1. The topological polar surface area (TPSA) is 64.1 Å². The summed E-state index contributed by atoms with van der Waals surface area (Å²) in [6, 6.07) is 4.55. The van der Waals surface area contributed by atoms with Crippen molar-refractivity contribution < 1.29 is 14.7 Å². The molecule has 1 aromatic rings. The minimum absolute atomic E-state index is 0.0457. The summed E-state index contributed by atoms with van der Waals surface area (Å²) in [6.07, 6.45) is 2.71. The Labute approximate surface area is 168 Å². The van der Waals surface area contributed by atoms with E-state index >= 15 is 0 Å². The fourth-order valence-electron chi connectivity index (χ4n) is 5.06. The zero-order valence-corrected chi connectivity index (χ0v) is 17.6. The summed E-state index contributed by atoms with van der Waals surface area (Å²) in [6.45, 7) is 11.6. The molecule has 1 aromatic carbocycles. The molecule has 6 heteroatoms. The number of hydrogen-bond donors (Lipinski definition) is 1. The first-order chi connectivity index (χ1) is 13.3. The first-order valence-electron chi connectivity index (χ1n) is 10.4. The fourth-order valence-corrected chi connectivity index (χ4v) is 5.06. The largest absolute Gasteiger partial charge is 0.480 e. The van der Waals surface area contributed by atoms with E-state index in [1.54, 1.807) is 0 Å². The van der Waals surface area contributed by atoms with Crippen LogP contribution in [0.4, 0.5) is 5.69 Å². The number of carbonyl (C=O) groups excluding carboxylic acids is 1. The number of hydrogen-bond acceptors (Lipinski definition) is 4. The molecule has 0 spiro atoms. The van der Waals surface area contributed by atoms with Crippen LogP contribution in [0.1, 0.15) is 42.9 Å². The summed E-state index contributed by atoms with van der Waals surface area (Å²) in [5.74, 6) is -0.555. The van der Waals surface area contributed by atoms with Crippen molar-refractivity contribution >= 4 is 17.6 Å². The third-order valence-electron chi connectivity index (χ3n) is 6.28. The van der Waals surface area contributed by atoms with Gasteiger partial charge in [-0.1, -0.05) is 24.6 Å². The van der Waals surface area contributed by atoms with Crippen molar-refractivity contribution in [2.24, 2.45) is 0 Å². The van der Waals surface area contributed by atoms with E-state index in [4.69, 9.17) is 5.11 Å². The highest BCUT2D eigenvalue weighted by atomic mass is 16.4. The highest BCUT2D eigenvalue weighted by Crippen LogP contribution is 2.32. The number of aryl methyl sites for hydroxylation is 3. The molecular weight excluding hydrogens is 354 g/mol. The lowest BCUT2D eigenvalue weighted by Crippen LogP contribution is -2.51. The summed E-state index contributed by atoms with van der Waals surface area (Å²) in [4.78, 5) is 30.6. The number of benzene rings is 1. The molecule has 1 N–H and O–H groups in total. The summed E-state index contributed by atoms with van der Waals surface area (Å²) >= 11 is 0. The number of anilines is 1. The van der Waals surface area contributed by atoms with Gasteiger partial charge >= 0.3 is 5.97 Å². The van der Waals surface area contributed by atoms with Gasteiger partial charge in [0.15, 0.2) is 0 Å². The Kier molecular flexibility index (Phi) is 6.40. The molecule has 1 atom stereocenters. The zero-order chi connectivity index (χ0) is 20.4. The molecule has 2 fully saturated rings.